The van der Waals surface area contributed by atoms with Crippen LogP contribution in [0.15, 0.2) is 48.8 Å². The number of hydrogen-bond donors (Lipinski definition) is 2. The Balaban J connectivity index is 1.32. The summed E-state index contributed by atoms with van der Waals surface area (Å²) < 4.78 is 51.4. The average Bonchev–Trinajstić information content (AvgIpc) is 3.33. The summed E-state index contributed by atoms with van der Waals surface area (Å²) in [6.07, 6.45) is -0.00437. The van der Waals surface area contributed by atoms with Crippen LogP contribution in [0.4, 0.5) is 22.7 Å². The smallest absolute Gasteiger partial charge is 0.361 e. The lowest BCUT2D eigenvalue weighted by Gasteiger charge is -2.09. The molecule has 0 radical (unpaired) electrons. The molecule has 0 atom stereocenters. The second-order valence-electron chi connectivity index (χ2n) is 6.54. The van der Waals surface area contributed by atoms with Crippen LogP contribution in [-0.4, -0.2) is 21.7 Å². The normalized spacial score (nSPS) is 11.9. The van der Waals surface area contributed by atoms with Crippen molar-refractivity contribution in [1.29, 1.82) is 0 Å². The number of aromatic nitrogens is 3. The van der Waals surface area contributed by atoms with Gasteiger partial charge in [-0.1, -0.05) is 23.5 Å². The van der Waals surface area contributed by atoms with Crippen molar-refractivity contribution in [3.63, 3.8) is 0 Å². The van der Waals surface area contributed by atoms with Crippen molar-refractivity contribution in [1.82, 2.24) is 15.2 Å². The Hall–Kier alpha value is -2.94. The fourth-order valence-electron chi connectivity index (χ4n) is 3.02. The van der Waals surface area contributed by atoms with Gasteiger partial charge in [0.2, 0.25) is 0 Å². The van der Waals surface area contributed by atoms with Gasteiger partial charge in [-0.15, -0.1) is 0 Å². The topological polar surface area (TPSA) is 53.6 Å². The lowest BCUT2D eigenvalue weighted by molar-refractivity contribution is -0.140. The van der Waals surface area contributed by atoms with Gasteiger partial charge in [0.05, 0.1) is 22.2 Å². The van der Waals surface area contributed by atoms with Gasteiger partial charge in [-0.3, -0.25) is 5.10 Å². The molecule has 4 nitrogen and oxygen atoms in total. The summed E-state index contributed by atoms with van der Waals surface area (Å²) in [5.74, 6) is -1.23. The van der Waals surface area contributed by atoms with E-state index in [1.165, 1.54) is 17.4 Å². The lowest BCUT2D eigenvalue weighted by Crippen LogP contribution is -2.08. The quantitative estimate of drug-likeness (QED) is 0.302. The number of alkyl halides is 3. The van der Waals surface area contributed by atoms with E-state index in [1.807, 2.05) is 18.2 Å². The molecule has 29 heavy (non-hydrogen) atoms. The average molecular weight is 420 g/mol. The molecular formula is C20H16F4N4S. The molecule has 2 heterocycles. The molecule has 0 amide bonds. The second-order valence-corrected chi connectivity index (χ2v) is 7.57. The lowest BCUT2D eigenvalue weighted by atomic mass is 10.1. The van der Waals surface area contributed by atoms with Crippen molar-refractivity contribution < 1.29 is 17.6 Å². The first-order valence-corrected chi connectivity index (χ1v) is 9.70. The third-order valence-corrected chi connectivity index (χ3v) is 5.49. The molecule has 0 unspecified atom stereocenters. The van der Waals surface area contributed by atoms with E-state index in [4.69, 9.17) is 0 Å². The molecule has 4 rings (SSSR count). The number of H-pyrrole nitrogens is 1. The Labute approximate surface area is 167 Å². The number of nitrogens with one attached hydrogen (secondary N) is 2. The van der Waals surface area contributed by atoms with Crippen LogP contribution in [-0.2, 0) is 12.6 Å². The highest BCUT2D eigenvalue weighted by Crippen LogP contribution is 2.32. The van der Waals surface area contributed by atoms with Crippen molar-refractivity contribution in [2.75, 3.05) is 11.9 Å². The Bertz CT molecular complexity index is 1130. The summed E-state index contributed by atoms with van der Waals surface area (Å²) in [6.45, 7) is 0.580. The van der Waals surface area contributed by atoms with Crippen LogP contribution in [0.3, 0.4) is 0 Å². The number of rotatable bonds is 6. The molecule has 0 bridgehead atoms. The molecule has 2 aromatic carbocycles. The molecule has 9 heteroatoms. The van der Waals surface area contributed by atoms with Crippen molar-refractivity contribution in [3.05, 3.63) is 65.7 Å². The van der Waals surface area contributed by atoms with Gasteiger partial charge in [-0.2, -0.15) is 18.3 Å². The Kier molecular flexibility index (Phi) is 5.23. The van der Waals surface area contributed by atoms with Crippen LogP contribution in [0, 0.1) is 5.82 Å². The van der Waals surface area contributed by atoms with E-state index in [9.17, 15) is 17.6 Å². The minimum atomic E-state index is -4.67. The number of benzene rings is 2. The maximum Gasteiger partial charge on any atom is 0.419 e. The predicted molar refractivity (Wildman–Crippen MR) is 105 cm³/mol. The maximum atomic E-state index is 13.6. The standard InChI is InChI=1S/C20H16F4N4S/c21-16-8-12(3-5-15(16)20(22,23)24)2-1-7-25-19-26-11-18(29-19)13-4-6-17-14(9-13)10-27-28-17/h3-6,8-11H,1-2,7H2,(H,25,26)(H,27,28). The van der Waals surface area contributed by atoms with Crippen LogP contribution in [0.25, 0.3) is 21.3 Å². The number of aryl methyl sites for hydroxylation is 1. The van der Waals surface area contributed by atoms with Crippen LogP contribution >= 0.6 is 11.3 Å². The van der Waals surface area contributed by atoms with Crippen LogP contribution in [0.2, 0.25) is 0 Å². The SMILES string of the molecule is Fc1cc(CCCNc2ncc(-c3ccc4[nH]ncc4c3)s2)ccc1C(F)(F)F. The Morgan fingerprint density at radius 2 is 1.93 bits per heavy atom. The van der Waals surface area contributed by atoms with E-state index in [0.29, 0.717) is 24.9 Å². The van der Waals surface area contributed by atoms with Gasteiger partial charge in [-0.05, 0) is 48.2 Å². The molecular weight excluding hydrogens is 404 g/mol. The van der Waals surface area contributed by atoms with E-state index in [2.05, 4.69) is 20.5 Å². The third kappa shape index (κ3) is 4.40. The van der Waals surface area contributed by atoms with Gasteiger partial charge in [0.15, 0.2) is 5.13 Å². The number of nitrogens with zero attached hydrogens (tertiary/aromatic N) is 2. The minimum Gasteiger partial charge on any atom is -0.361 e. The maximum absolute atomic E-state index is 13.6. The van der Waals surface area contributed by atoms with Crippen molar-refractivity contribution in [2.45, 2.75) is 19.0 Å². The fraction of sp³-hybridized carbons (Fsp3) is 0.200. The first kappa shape index (κ1) is 19.4. The zero-order valence-electron chi connectivity index (χ0n) is 15.1. The zero-order valence-corrected chi connectivity index (χ0v) is 15.9. The molecule has 2 aromatic heterocycles. The van der Waals surface area contributed by atoms with E-state index in [-0.39, 0.29) is 0 Å². The number of aromatic amines is 1. The molecule has 0 aliphatic heterocycles. The van der Waals surface area contributed by atoms with Gasteiger partial charge in [0, 0.05) is 18.1 Å². The highest BCUT2D eigenvalue weighted by Gasteiger charge is 2.33. The van der Waals surface area contributed by atoms with Gasteiger partial charge < -0.3 is 5.32 Å². The van der Waals surface area contributed by atoms with E-state index in [1.54, 1.807) is 12.4 Å². The molecule has 0 saturated heterocycles. The van der Waals surface area contributed by atoms with Gasteiger partial charge >= 0.3 is 6.18 Å². The number of hydrogen-bond acceptors (Lipinski definition) is 4. The van der Waals surface area contributed by atoms with Crippen LogP contribution in [0.1, 0.15) is 17.5 Å². The first-order chi connectivity index (χ1) is 13.9. The van der Waals surface area contributed by atoms with Gasteiger partial charge in [0.1, 0.15) is 5.82 Å². The van der Waals surface area contributed by atoms with Gasteiger partial charge in [-0.25, -0.2) is 9.37 Å². The molecule has 0 spiro atoms. The molecule has 0 aliphatic rings. The molecule has 0 fully saturated rings. The largest absolute Gasteiger partial charge is 0.419 e. The van der Waals surface area contributed by atoms with E-state index < -0.39 is 17.6 Å². The Morgan fingerprint density at radius 3 is 2.72 bits per heavy atom. The van der Waals surface area contributed by atoms with E-state index >= 15 is 0 Å². The summed E-state index contributed by atoms with van der Waals surface area (Å²) in [6, 6.07) is 9.07. The minimum absolute atomic E-state index is 0.470. The van der Waals surface area contributed by atoms with E-state index in [0.717, 1.165) is 38.6 Å². The number of thiazole rings is 1. The van der Waals surface area contributed by atoms with Crippen molar-refractivity contribution in [3.8, 4) is 10.4 Å². The fourth-order valence-corrected chi connectivity index (χ4v) is 3.86. The molecule has 0 saturated carbocycles. The van der Waals surface area contributed by atoms with Gasteiger partial charge in [0.25, 0.3) is 0 Å². The number of fused-ring (bicyclic) bond motifs is 1. The highest BCUT2D eigenvalue weighted by molar-refractivity contribution is 7.18. The summed E-state index contributed by atoms with van der Waals surface area (Å²) in [4.78, 5) is 5.37. The second kappa shape index (κ2) is 7.82. The third-order valence-electron chi connectivity index (χ3n) is 4.49. The Morgan fingerprint density at radius 1 is 1.07 bits per heavy atom. The monoisotopic (exact) mass is 420 g/mol. The summed E-state index contributed by atoms with van der Waals surface area (Å²) >= 11 is 1.51. The first-order valence-electron chi connectivity index (χ1n) is 8.89. The molecule has 150 valence electrons. The number of anilines is 1. The molecule has 0 aliphatic carbocycles. The van der Waals surface area contributed by atoms with Crippen molar-refractivity contribution >= 4 is 27.4 Å². The van der Waals surface area contributed by atoms with Crippen LogP contribution < -0.4 is 5.32 Å². The summed E-state index contributed by atoms with van der Waals surface area (Å²) in [7, 11) is 0. The number of halogens is 4. The predicted octanol–water partition coefficient (Wildman–Crippen LogP) is 5.89. The molecule has 4 aromatic rings. The highest BCUT2D eigenvalue weighted by atomic mass is 32.1. The van der Waals surface area contributed by atoms with Crippen LogP contribution in [0.5, 0.6) is 0 Å². The van der Waals surface area contributed by atoms with Crippen molar-refractivity contribution in [2.24, 2.45) is 0 Å². The molecule has 2 N–H and O–H groups in total. The summed E-state index contributed by atoms with van der Waals surface area (Å²) in [5.41, 5.74) is 1.31. The zero-order chi connectivity index (χ0) is 20.4. The summed E-state index contributed by atoms with van der Waals surface area (Å²) in [5, 5.41) is 11.9.